The van der Waals surface area contributed by atoms with Crippen molar-refractivity contribution >= 4 is 31.0 Å². The van der Waals surface area contributed by atoms with Crippen LogP contribution in [0.3, 0.4) is 0 Å². The topological polar surface area (TPSA) is 0 Å². The number of benzene rings is 1. The number of hydrogen-bond acceptors (Lipinski definition) is 0. The monoisotopic (exact) mass is 273 g/mol. The van der Waals surface area contributed by atoms with E-state index in [2.05, 4.69) is 11.6 Å². The van der Waals surface area contributed by atoms with Crippen LogP contribution in [-0.2, 0) is 0 Å². The summed E-state index contributed by atoms with van der Waals surface area (Å²) in [6.07, 6.45) is 0. The molecule has 0 aromatic heterocycles. The van der Waals surface area contributed by atoms with E-state index in [1.54, 1.807) is 18.2 Å². The Hall–Kier alpha value is -0.181. The number of alkyl halides is 2. The van der Waals surface area contributed by atoms with Gasteiger partial charge in [0.05, 0.1) is 0 Å². The molecule has 1 aromatic rings. The van der Waals surface area contributed by atoms with E-state index in [1.807, 2.05) is 0 Å². The molecule has 0 spiro atoms. The van der Waals surface area contributed by atoms with Gasteiger partial charge < -0.3 is 0 Å². The van der Waals surface area contributed by atoms with Crippen LogP contribution in [0.15, 0.2) is 30.3 Å². The molecule has 0 heterocycles. The van der Waals surface area contributed by atoms with Crippen LogP contribution >= 0.6 is 11.6 Å². The van der Waals surface area contributed by atoms with Gasteiger partial charge in [0.1, 0.15) is 0 Å². The molecule has 0 nitrogen and oxygen atoms in total. The molecular formula is C8H5ClF3Se-. The standard InChI is InChI=1S/C8H5ClF3Se/c9-7(10)8(11,12)13-6-4-2-1-3-5-6/h1-5H/q-1. The van der Waals surface area contributed by atoms with E-state index in [0.717, 1.165) is 0 Å². The van der Waals surface area contributed by atoms with Gasteiger partial charge in [-0.05, 0) is 0 Å². The van der Waals surface area contributed by atoms with Crippen LogP contribution in [0.1, 0.15) is 0 Å². The van der Waals surface area contributed by atoms with Gasteiger partial charge in [0.15, 0.2) is 0 Å². The van der Waals surface area contributed by atoms with Gasteiger partial charge in [-0.2, -0.15) is 0 Å². The fourth-order valence-corrected chi connectivity index (χ4v) is 2.27. The molecule has 72 valence electrons. The molecule has 0 radical (unpaired) electrons. The summed E-state index contributed by atoms with van der Waals surface area (Å²) < 4.78 is 38.0. The Kier molecular flexibility index (Phi) is 3.65. The molecule has 5 heteroatoms. The molecule has 1 aromatic carbocycles. The van der Waals surface area contributed by atoms with Crippen molar-refractivity contribution in [2.75, 3.05) is 0 Å². The summed E-state index contributed by atoms with van der Waals surface area (Å²) in [5.41, 5.74) is -1.84. The van der Waals surface area contributed by atoms with Crippen LogP contribution in [0.2, 0.25) is 0 Å². The van der Waals surface area contributed by atoms with Crippen LogP contribution in [0, 0.1) is 5.63 Å². The third-order valence-corrected chi connectivity index (χ3v) is 3.68. The molecule has 0 aliphatic carbocycles. The van der Waals surface area contributed by atoms with E-state index < -0.39 is 25.4 Å². The average molecular weight is 273 g/mol. The second-order valence-corrected chi connectivity index (χ2v) is 5.02. The first-order chi connectivity index (χ1) is 6.02. The van der Waals surface area contributed by atoms with Crippen molar-refractivity contribution < 1.29 is 13.2 Å². The van der Waals surface area contributed by atoms with Crippen LogP contribution in [-0.4, -0.2) is 19.8 Å². The van der Waals surface area contributed by atoms with Gasteiger partial charge in [0, 0.05) is 0 Å². The van der Waals surface area contributed by atoms with Crippen LogP contribution in [0.4, 0.5) is 13.2 Å². The third-order valence-electron chi connectivity index (χ3n) is 1.21. The zero-order valence-electron chi connectivity index (χ0n) is 6.31. The van der Waals surface area contributed by atoms with E-state index in [-0.39, 0.29) is 0 Å². The van der Waals surface area contributed by atoms with Gasteiger partial charge in [-0.1, -0.05) is 0 Å². The van der Waals surface area contributed by atoms with Crippen molar-refractivity contribution in [1.82, 2.24) is 0 Å². The Balaban J connectivity index is 2.69. The Morgan fingerprint density at radius 1 is 1.23 bits per heavy atom. The maximum absolute atomic E-state index is 12.7. The van der Waals surface area contributed by atoms with Gasteiger partial charge in [0.2, 0.25) is 0 Å². The van der Waals surface area contributed by atoms with Gasteiger partial charge in [-0.25, -0.2) is 0 Å². The van der Waals surface area contributed by atoms with Crippen molar-refractivity contribution in [3.8, 4) is 0 Å². The normalized spacial score (nSPS) is 12.1. The molecule has 0 saturated carbocycles. The molecule has 0 aliphatic rings. The predicted octanol–water partition coefficient (Wildman–Crippen LogP) is 2.31. The van der Waals surface area contributed by atoms with Crippen LogP contribution < -0.4 is 4.46 Å². The van der Waals surface area contributed by atoms with Crippen LogP contribution in [0.25, 0.3) is 0 Å². The zero-order valence-corrected chi connectivity index (χ0v) is 8.78. The summed E-state index contributed by atoms with van der Waals surface area (Å²) in [5, 5.41) is 0. The summed E-state index contributed by atoms with van der Waals surface area (Å²) in [6, 6.07) is 8.00. The van der Waals surface area contributed by atoms with Crippen molar-refractivity contribution in [2.24, 2.45) is 0 Å². The maximum atomic E-state index is 12.7. The first kappa shape index (κ1) is 10.9. The minimum atomic E-state index is -3.52. The first-order valence-corrected chi connectivity index (χ1v) is 5.42. The summed E-state index contributed by atoms with van der Waals surface area (Å²) in [6.45, 7) is 0. The summed E-state index contributed by atoms with van der Waals surface area (Å²) >= 11 is 3.34. The molecule has 0 unspecified atom stereocenters. The number of rotatable bonds is 3. The quantitative estimate of drug-likeness (QED) is 0.585. The van der Waals surface area contributed by atoms with Crippen molar-refractivity contribution in [2.45, 2.75) is 4.82 Å². The fraction of sp³-hybridized carbons (Fsp3) is 0.125. The SMILES string of the molecule is F[C-](Cl)C(F)(F)[Se]c1ccccc1. The Bertz CT molecular complexity index is 263. The van der Waals surface area contributed by atoms with E-state index in [0.29, 0.717) is 4.46 Å². The van der Waals surface area contributed by atoms with Crippen LogP contribution in [0.5, 0.6) is 0 Å². The molecule has 13 heavy (non-hydrogen) atoms. The van der Waals surface area contributed by atoms with E-state index in [4.69, 9.17) is 0 Å². The summed E-state index contributed by atoms with van der Waals surface area (Å²) in [5.74, 6) is 0. The molecule has 0 amide bonds. The van der Waals surface area contributed by atoms with Gasteiger partial charge in [-0.15, -0.1) is 0 Å². The minimum absolute atomic E-state index is 0.413. The Morgan fingerprint density at radius 3 is 2.23 bits per heavy atom. The number of halogens is 4. The second kappa shape index (κ2) is 4.36. The first-order valence-electron chi connectivity index (χ1n) is 3.32. The Labute approximate surface area is 85.2 Å². The van der Waals surface area contributed by atoms with Crippen molar-refractivity contribution in [3.05, 3.63) is 36.0 Å². The molecule has 0 saturated heterocycles. The fourth-order valence-electron chi connectivity index (χ4n) is 0.675. The summed E-state index contributed by atoms with van der Waals surface area (Å²) in [4.78, 5) is -3.52. The predicted molar refractivity (Wildman–Crippen MR) is 47.0 cm³/mol. The molecule has 0 N–H and O–H groups in total. The van der Waals surface area contributed by atoms with Crippen molar-refractivity contribution in [3.63, 3.8) is 0 Å². The van der Waals surface area contributed by atoms with Gasteiger partial charge in [0.25, 0.3) is 0 Å². The molecule has 1 rings (SSSR count). The van der Waals surface area contributed by atoms with E-state index >= 15 is 0 Å². The molecule has 0 bridgehead atoms. The van der Waals surface area contributed by atoms with Gasteiger partial charge in [-0.3, -0.25) is 0 Å². The van der Waals surface area contributed by atoms with Gasteiger partial charge >= 0.3 is 85.0 Å². The second-order valence-electron chi connectivity index (χ2n) is 2.19. The molecule has 0 atom stereocenters. The Morgan fingerprint density at radius 2 is 1.77 bits per heavy atom. The average Bonchev–Trinajstić information content (AvgIpc) is 2.05. The summed E-state index contributed by atoms with van der Waals surface area (Å²) in [7, 11) is 0. The van der Waals surface area contributed by atoms with Crippen molar-refractivity contribution in [1.29, 1.82) is 0 Å². The molecule has 0 aliphatic heterocycles. The third kappa shape index (κ3) is 3.22. The van der Waals surface area contributed by atoms with E-state index in [1.165, 1.54) is 12.1 Å². The van der Waals surface area contributed by atoms with E-state index in [9.17, 15) is 13.2 Å². The molecule has 0 fully saturated rings. The number of hydrogen-bond donors (Lipinski definition) is 0. The molecular weight excluding hydrogens is 267 g/mol. The zero-order chi connectivity index (χ0) is 9.90.